The van der Waals surface area contributed by atoms with Gasteiger partial charge in [-0.05, 0) is 90.0 Å². The molecule has 0 aliphatic carbocycles. The van der Waals surface area contributed by atoms with Gasteiger partial charge in [-0.25, -0.2) is 0 Å². The Labute approximate surface area is 267 Å². The van der Waals surface area contributed by atoms with E-state index in [0.29, 0.717) is 0 Å². The standard InChI is InChI=1S/C42H29N3O/c1-2-10-29(11-3-1)30-18-20-31(21-19-30)43-32-22-27-36-35-12-4-5-13-37(35)44(40(36)28-32)33-23-25-34(26-24-33)45-38-14-6-8-16-41(38)46-42-17-9-7-15-39(42)45/h1-28,43H. The average Bonchev–Trinajstić information content (AvgIpc) is 3.45. The van der Waals surface area contributed by atoms with E-state index in [1.54, 1.807) is 0 Å². The van der Waals surface area contributed by atoms with Crippen LogP contribution in [-0.4, -0.2) is 4.57 Å². The maximum absolute atomic E-state index is 6.24. The molecule has 218 valence electrons. The Bertz CT molecular complexity index is 2310. The van der Waals surface area contributed by atoms with Crippen LogP contribution in [0, 0.1) is 0 Å². The zero-order valence-electron chi connectivity index (χ0n) is 25.0. The lowest BCUT2D eigenvalue weighted by Gasteiger charge is -2.32. The number of benzene rings is 7. The Kier molecular flexibility index (Phi) is 6.10. The monoisotopic (exact) mass is 591 g/mol. The van der Waals surface area contributed by atoms with E-state index in [-0.39, 0.29) is 0 Å². The Morgan fingerprint density at radius 3 is 1.72 bits per heavy atom. The van der Waals surface area contributed by atoms with E-state index >= 15 is 0 Å². The molecular formula is C42H29N3O. The molecule has 0 fully saturated rings. The average molecular weight is 592 g/mol. The summed E-state index contributed by atoms with van der Waals surface area (Å²) in [7, 11) is 0. The largest absolute Gasteiger partial charge is 0.453 e. The van der Waals surface area contributed by atoms with E-state index in [4.69, 9.17) is 4.74 Å². The summed E-state index contributed by atoms with van der Waals surface area (Å²) in [6.45, 7) is 0. The summed E-state index contributed by atoms with van der Waals surface area (Å²) in [5.74, 6) is 1.70. The van der Waals surface area contributed by atoms with Crippen molar-refractivity contribution in [3.63, 3.8) is 0 Å². The highest BCUT2D eigenvalue weighted by atomic mass is 16.5. The summed E-state index contributed by atoms with van der Waals surface area (Å²) in [6.07, 6.45) is 0. The molecule has 7 aromatic carbocycles. The van der Waals surface area contributed by atoms with Gasteiger partial charge in [0, 0.05) is 33.5 Å². The molecular weight excluding hydrogens is 562 g/mol. The number of nitrogens with one attached hydrogen (secondary N) is 1. The fourth-order valence-electron chi connectivity index (χ4n) is 6.60. The summed E-state index contributed by atoms with van der Waals surface area (Å²) in [5.41, 5.74) is 11.1. The maximum atomic E-state index is 6.24. The normalized spacial score (nSPS) is 12.0. The van der Waals surface area contributed by atoms with Crippen LogP contribution in [0.4, 0.5) is 28.4 Å². The third kappa shape index (κ3) is 4.39. The van der Waals surface area contributed by atoms with Gasteiger partial charge in [0.1, 0.15) is 0 Å². The lowest BCUT2D eigenvalue weighted by atomic mass is 10.1. The number of hydrogen-bond acceptors (Lipinski definition) is 3. The number of aromatic nitrogens is 1. The van der Waals surface area contributed by atoms with E-state index in [9.17, 15) is 0 Å². The van der Waals surface area contributed by atoms with Gasteiger partial charge in [-0.15, -0.1) is 0 Å². The Morgan fingerprint density at radius 1 is 0.413 bits per heavy atom. The number of para-hydroxylation sites is 5. The van der Waals surface area contributed by atoms with Crippen LogP contribution in [0.2, 0.25) is 0 Å². The van der Waals surface area contributed by atoms with E-state index in [0.717, 1.165) is 51.1 Å². The highest BCUT2D eigenvalue weighted by Gasteiger charge is 2.25. The van der Waals surface area contributed by atoms with Crippen molar-refractivity contribution in [2.24, 2.45) is 0 Å². The molecule has 0 saturated heterocycles. The Morgan fingerprint density at radius 2 is 0.978 bits per heavy atom. The van der Waals surface area contributed by atoms with Crippen LogP contribution < -0.4 is 15.0 Å². The smallest absolute Gasteiger partial charge is 0.151 e. The fourth-order valence-corrected chi connectivity index (χ4v) is 6.60. The number of nitrogens with zero attached hydrogens (tertiary/aromatic N) is 2. The molecule has 1 aliphatic heterocycles. The molecule has 8 aromatic rings. The molecule has 4 nitrogen and oxygen atoms in total. The molecule has 0 saturated carbocycles. The Balaban J connectivity index is 1.10. The summed E-state index contributed by atoms with van der Waals surface area (Å²) in [4.78, 5) is 2.27. The van der Waals surface area contributed by atoms with Crippen molar-refractivity contribution in [1.82, 2.24) is 4.57 Å². The van der Waals surface area contributed by atoms with Crippen LogP contribution in [0.15, 0.2) is 170 Å². The van der Waals surface area contributed by atoms with Gasteiger partial charge >= 0.3 is 0 Å². The summed E-state index contributed by atoms with van der Waals surface area (Å²) in [5, 5.41) is 6.09. The van der Waals surface area contributed by atoms with Crippen molar-refractivity contribution in [2.45, 2.75) is 0 Å². The van der Waals surface area contributed by atoms with Crippen molar-refractivity contribution in [3.05, 3.63) is 170 Å². The first-order valence-electron chi connectivity index (χ1n) is 15.5. The van der Waals surface area contributed by atoms with E-state index in [2.05, 4.69) is 154 Å². The molecule has 1 aromatic heterocycles. The SMILES string of the molecule is c1ccc(-c2ccc(Nc3ccc4c5ccccc5n(-c5ccc(N6c7ccccc7Oc7ccccc76)cc5)c4c3)cc2)cc1. The van der Waals surface area contributed by atoms with Crippen molar-refractivity contribution < 1.29 is 4.74 Å². The third-order valence-electron chi connectivity index (χ3n) is 8.75. The summed E-state index contributed by atoms with van der Waals surface area (Å²) < 4.78 is 8.60. The number of ether oxygens (including phenoxy) is 1. The minimum atomic E-state index is 0.849. The van der Waals surface area contributed by atoms with Crippen molar-refractivity contribution in [3.8, 4) is 28.3 Å². The molecule has 2 heterocycles. The van der Waals surface area contributed by atoms with Gasteiger partial charge in [-0.1, -0.05) is 91.0 Å². The van der Waals surface area contributed by atoms with Crippen LogP contribution in [0.5, 0.6) is 11.5 Å². The fraction of sp³-hybridized carbons (Fsp3) is 0. The van der Waals surface area contributed by atoms with Gasteiger partial charge in [0.15, 0.2) is 11.5 Å². The Hall–Kier alpha value is -6.26. The van der Waals surface area contributed by atoms with Crippen LogP contribution in [0.3, 0.4) is 0 Å². The first kappa shape index (κ1) is 26.2. The van der Waals surface area contributed by atoms with Gasteiger partial charge in [-0.3, -0.25) is 0 Å². The van der Waals surface area contributed by atoms with Gasteiger partial charge < -0.3 is 19.5 Å². The maximum Gasteiger partial charge on any atom is 0.151 e. The minimum absolute atomic E-state index is 0.849. The van der Waals surface area contributed by atoms with Gasteiger partial charge in [0.05, 0.1) is 22.4 Å². The highest BCUT2D eigenvalue weighted by molar-refractivity contribution is 6.10. The lowest BCUT2D eigenvalue weighted by Crippen LogP contribution is -2.15. The molecule has 0 unspecified atom stereocenters. The van der Waals surface area contributed by atoms with E-state index in [1.165, 1.54) is 27.4 Å². The molecule has 4 heteroatoms. The molecule has 46 heavy (non-hydrogen) atoms. The topological polar surface area (TPSA) is 29.4 Å². The lowest BCUT2D eigenvalue weighted by molar-refractivity contribution is 0.477. The molecule has 0 amide bonds. The molecule has 0 atom stereocenters. The quantitative estimate of drug-likeness (QED) is 0.216. The van der Waals surface area contributed by atoms with Gasteiger partial charge in [-0.2, -0.15) is 0 Å². The second kappa shape index (κ2) is 10.7. The molecule has 9 rings (SSSR count). The molecule has 0 spiro atoms. The van der Waals surface area contributed by atoms with Crippen LogP contribution in [0.1, 0.15) is 0 Å². The zero-order valence-corrected chi connectivity index (χ0v) is 25.0. The minimum Gasteiger partial charge on any atom is -0.453 e. The number of hydrogen-bond donors (Lipinski definition) is 1. The van der Waals surface area contributed by atoms with Crippen LogP contribution in [0.25, 0.3) is 38.6 Å². The summed E-state index contributed by atoms with van der Waals surface area (Å²) in [6, 6.07) is 59.6. The molecule has 1 aliphatic rings. The van der Waals surface area contributed by atoms with Crippen molar-refractivity contribution in [1.29, 1.82) is 0 Å². The molecule has 0 bridgehead atoms. The zero-order chi connectivity index (χ0) is 30.5. The first-order chi connectivity index (χ1) is 22.8. The van der Waals surface area contributed by atoms with Crippen molar-refractivity contribution >= 4 is 50.2 Å². The van der Waals surface area contributed by atoms with Gasteiger partial charge in [0.2, 0.25) is 0 Å². The van der Waals surface area contributed by atoms with Crippen LogP contribution in [-0.2, 0) is 0 Å². The molecule has 1 N–H and O–H groups in total. The summed E-state index contributed by atoms with van der Waals surface area (Å²) >= 11 is 0. The predicted molar refractivity (Wildman–Crippen MR) is 191 cm³/mol. The van der Waals surface area contributed by atoms with E-state index < -0.39 is 0 Å². The second-order valence-electron chi connectivity index (χ2n) is 11.5. The molecule has 0 radical (unpaired) electrons. The second-order valence-corrected chi connectivity index (χ2v) is 11.5. The first-order valence-corrected chi connectivity index (χ1v) is 15.5. The van der Waals surface area contributed by atoms with Crippen LogP contribution >= 0.6 is 0 Å². The third-order valence-corrected chi connectivity index (χ3v) is 8.75. The van der Waals surface area contributed by atoms with Crippen molar-refractivity contribution in [2.75, 3.05) is 10.2 Å². The predicted octanol–water partition coefficient (Wildman–Crippen LogP) is 11.8. The highest BCUT2D eigenvalue weighted by Crippen LogP contribution is 2.50. The number of anilines is 5. The number of fused-ring (bicyclic) bond motifs is 5. The van der Waals surface area contributed by atoms with E-state index in [1.807, 2.05) is 30.3 Å². The van der Waals surface area contributed by atoms with Gasteiger partial charge in [0.25, 0.3) is 0 Å². The number of rotatable bonds is 5.